The average molecular weight is 377 g/mol. The largest absolute Gasteiger partial charge is 0.467 e. The third kappa shape index (κ3) is 5.22. The van der Waals surface area contributed by atoms with Gasteiger partial charge in [-0.25, -0.2) is 9.78 Å². The van der Waals surface area contributed by atoms with E-state index >= 15 is 0 Å². The van der Waals surface area contributed by atoms with Gasteiger partial charge in [0.05, 0.1) is 7.11 Å². The molecule has 0 N–H and O–H groups in total. The first-order valence-corrected chi connectivity index (χ1v) is 9.57. The van der Waals surface area contributed by atoms with Gasteiger partial charge >= 0.3 is 5.97 Å². The summed E-state index contributed by atoms with van der Waals surface area (Å²) in [5.41, 5.74) is 2.42. The van der Waals surface area contributed by atoms with E-state index in [0.717, 1.165) is 30.8 Å². The van der Waals surface area contributed by atoms with Crippen LogP contribution in [0.15, 0.2) is 73.2 Å². The van der Waals surface area contributed by atoms with E-state index in [1.165, 1.54) is 12.7 Å². The van der Waals surface area contributed by atoms with Crippen LogP contribution in [0, 0.1) is 0 Å². The molecule has 5 nitrogen and oxygen atoms in total. The molecule has 0 saturated heterocycles. The Kier molecular flexibility index (Phi) is 6.84. The van der Waals surface area contributed by atoms with E-state index in [-0.39, 0.29) is 12.0 Å². The van der Waals surface area contributed by atoms with Crippen molar-refractivity contribution in [3.05, 3.63) is 84.3 Å². The molecular formula is C23H27N3O2. The van der Waals surface area contributed by atoms with Crippen LogP contribution in [0.2, 0.25) is 0 Å². The van der Waals surface area contributed by atoms with Crippen LogP contribution in [0.4, 0.5) is 5.82 Å². The lowest BCUT2D eigenvalue weighted by atomic mass is 10.0. The highest BCUT2D eigenvalue weighted by Gasteiger charge is 2.20. The van der Waals surface area contributed by atoms with Crippen molar-refractivity contribution in [2.45, 2.75) is 25.3 Å². The lowest BCUT2D eigenvalue weighted by molar-refractivity contribution is -0.144. The Morgan fingerprint density at radius 3 is 2.43 bits per heavy atom. The predicted octanol–water partition coefficient (Wildman–Crippen LogP) is 3.91. The molecule has 146 valence electrons. The number of carbonyl (C=O) groups is 1. The van der Waals surface area contributed by atoms with Crippen LogP contribution < -0.4 is 4.90 Å². The number of aryl methyl sites for hydroxylation is 1. The van der Waals surface area contributed by atoms with E-state index in [2.05, 4.69) is 41.2 Å². The second-order valence-electron chi connectivity index (χ2n) is 6.90. The van der Waals surface area contributed by atoms with Crippen molar-refractivity contribution in [1.29, 1.82) is 0 Å². The van der Waals surface area contributed by atoms with Crippen molar-refractivity contribution >= 4 is 11.8 Å². The quantitative estimate of drug-likeness (QED) is 0.531. The summed E-state index contributed by atoms with van der Waals surface area (Å²) in [5.74, 6) is 0.773. The molecule has 0 spiro atoms. The zero-order valence-electron chi connectivity index (χ0n) is 16.5. The SMILES string of the molecule is COC(=O)[C@H](Cc1ccc(CCCN(C)c2ccccn2)cc1)n1cccc1. The number of nitrogens with zero attached hydrogens (tertiary/aromatic N) is 3. The van der Waals surface area contributed by atoms with Gasteiger partial charge in [0.2, 0.25) is 0 Å². The molecule has 3 rings (SSSR count). The van der Waals surface area contributed by atoms with Crippen LogP contribution in [0.3, 0.4) is 0 Å². The summed E-state index contributed by atoms with van der Waals surface area (Å²) in [5, 5.41) is 0. The van der Waals surface area contributed by atoms with Gasteiger partial charge in [0.25, 0.3) is 0 Å². The van der Waals surface area contributed by atoms with Crippen LogP contribution >= 0.6 is 0 Å². The minimum absolute atomic E-state index is 0.224. The third-order valence-corrected chi connectivity index (χ3v) is 4.91. The number of hydrogen-bond acceptors (Lipinski definition) is 4. The first-order chi connectivity index (χ1) is 13.7. The normalized spacial score (nSPS) is 11.8. The number of methoxy groups -OCH3 is 1. The number of anilines is 1. The highest BCUT2D eigenvalue weighted by atomic mass is 16.5. The van der Waals surface area contributed by atoms with Crippen LogP contribution in [0.5, 0.6) is 0 Å². The van der Waals surface area contributed by atoms with E-state index in [1.807, 2.05) is 53.5 Å². The topological polar surface area (TPSA) is 47.4 Å². The number of pyridine rings is 1. The Hall–Kier alpha value is -3.08. The van der Waals surface area contributed by atoms with E-state index < -0.39 is 0 Å². The van der Waals surface area contributed by atoms with Crippen molar-refractivity contribution < 1.29 is 9.53 Å². The van der Waals surface area contributed by atoms with Crippen LogP contribution in [0.1, 0.15) is 23.6 Å². The summed E-state index contributed by atoms with van der Waals surface area (Å²) < 4.78 is 6.87. The number of hydrogen-bond donors (Lipinski definition) is 0. The highest BCUT2D eigenvalue weighted by molar-refractivity contribution is 5.74. The maximum Gasteiger partial charge on any atom is 0.329 e. The standard InChI is InChI=1S/C23H27N3O2/c1-25(22-9-3-4-14-24-22)15-7-8-19-10-12-20(13-11-19)18-21(23(27)28-2)26-16-5-6-17-26/h3-6,9-14,16-17,21H,7-8,15,18H2,1-2H3/t21-/m0/s1. The molecule has 3 aromatic rings. The molecule has 2 aromatic heterocycles. The van der Waals surface area contributed by atoms with Gasteiger partial charge in [0, 0.05) is 38.6 Å². The van der Waals surface area contributed by atoms with Gasteiger partial charge < -0.3 is 14.2 Å². The molecule has 5 heteroatoms. The minimum atomic E-state index is -0.335. The van der Waals surface area contributed by atoms with Gasteiger partial charge in [-0.1, -0.05) is 30.3 Å². The lowest BCUT2D eigenvalue weighted by Gasteiger charge is -2.18. The third-order valence-electron chi connectivity index (χ3n) is 4.91. The average Bonchev–Trinajstić information content (AvgIpc) is 3.27. The number of rotatable bonds is 9. The summed E-state index contributed by atoms with van der Waals surface area (Å²) >= 11 is 0. The van der Waals surface area contributed by atoms with Gasteiger partial charge in [-0.05, 0) is 48.2 Å². The fourth-order valence-electron chi connectivity index (χ4n) is 3.28. The molecule has 1 aromatic carbocycles. The lowest BCUT2D eigenvalue weighted by Crippen LogP contribution is -2.22. The summed E-state index contributed by atoms with van der Waals surface area (Å²) in [7, 11) is 3.50. The molecule has 0 aliphatic heterocycles. The van der Waals surface area contributed by atoms with Gasteiger partial charge in [0.15, 0.2) is 0 Å². The number of ether oxygens (including phenoxy) is 1. The molecule has 0 radical (unpaired) electrons. The van der Waals surface area contributed by atoms with Crippen LogP contribution in [-0.2, 0) is 22.4 Å². The summed E-state index contributed by atoms with van der Waals surface area (Å²) in [4.78, 5) is 18.7. The summed E-state index contributed by atoms with van der Waals surface area (Å²) in [6.45, 7) is 0.955. The molecule has 0 aliphatic rings. The zero-order chi connectivity index (χ0) is 19.8. The Morgan fingerprint density at radius 1 is 1.07 bits per heavy atom. The number of benzene rings is 1. The van der Waals surface area contributed by atoms with Crippen molar-refractivity contribution in [2.75, 3.05) is 25.6 Å². The van der Waals surface area contributed by atoms with Gasteiger partial charge in [0.1, 0.15) is 11.9 Å². The molecule has 0 saturated carbocycles. The molecule has 0 fully saturated rings. The molecule has 0 bridgehead atoms. The van der Waals surface area contributed by atoms with Gasteiger partial charge in [-0.15, -0.1) is 0 Å². The smallest absolute Gasteiger partial charge is 0.329 e. The fourth-order valence-corrected chi connectivity index (χ4v) is 3.28. The van der Waals surface area contributed by atoms with Crippen LogP contribution in [0.25, 0.3) is 0 Å². The maximum atomic E-state index is 12.2. The van der Waals surface area contributed by atoms with Crippen molar-refractivity contribution in [3.8, 4) is 0 Å². The number of esters is 1. The second kappa shape index (κ2) is 9.74. The molecule has 1 atom stereocenters. The van der Waals surface area contributed by atoms with Crippen molar-refractivity contribution in [1.82, 2.24) is 9.55 Å². The van der Waals surface area contributed by atoms with Crippen molar-refractivity contribution in [2.24, 2.45) is 0 Å². The zero-order valence-corrected chi connectivity index (χ0v) is 16.5. The van der Waals surface area contributed by atoms with Gasteiger partial charge in [-0.3, -0.25) is 0 Å². The number of aromatic nitrogens is 2. The van der Waals surface area contributed by atoms with E-state index in [4.69, 9.17) is 4.74 Å². The molecular weight excluding hydrogens is 350 g/mol. The highest BCUT2D eigenvalue weighted by Crippen LogP contribution is 2.18. The molecule has 0 aliphatic carbocycles. The van der Waals surface area contributed by atoms with E-state index in [0.29, 0.717) is 6.42 Å². The number of carbonyl (C=O) groups excluding carboxylic acids is 1. The summed E-state index contributed by atoms with van der Waals surface area (Å²) in [6.07, 6.45) is 8.29. The molecule has 0 unspecified atom stereocenters. The monoisotopic (exact) mass is 377 g/mol. The molecule has 0 amide bonds. The Morgan fingerprint density at radius 2 is 1.79 bits per heavy atom. The molecule has 28 heavy (non-hydrogen) atoms. The van der Waals surface area contributed by atoms with Crippen molar-refractivity contribution in [3.63, 3.8) is 0 Å². The maximum absolute atomic E-state index is 12.2. The fraction of sp³-hybridized carbons (Fsp3) is 0.304. The Balaban J connectivity index is 1.53. The first-order valence-electron chi connectivity index (χ1n) is 9.57. The summed E-state index contributed by atoms with van der Waals surface area (Å²) in [6, 6.07) is 18.0. The Bertz CT molecular complexity index is 845. The van der Waals surface area contributed by atoms with Gasteiger partial charge in [-0.2, -0.15) is 0 Å². The first kappa shape index (κ1) is 19.7. The molecule has 2 heterocycles. The second-order valence-corrected chi connectivity index (χ2v) is 6.90. The predicted molar refractivity (Wildman–Crippen MR) is 111 cm³/mol. The van der Waals surface area contributed by atoms with E-state index in [1.54, 1.807) is 0 Å². The Labute approximate surface area is 166 Å². The van der Waals surface area contributed by atoms with E-state index in [9.17, 15) is 4.79 Å². The minimum Gasteiger partial charge on any atom is -0.467 e. The van der Waals surface area contributed by atoms with Crippen LogP contribution in [-0.4, -0.2) is 36.2 Å².